The number of ether oxygens (including phenoxy) is 1. The molecule has 1 aromatic heterocycles. The Kier molecular flexibility index (Phi) is 3.82. The molecule has 0 N–H and O–H groups in total. The maximum Gasteiger partial charge on any atom is 0.368 e. The molecule has 0 aliphatic rings. The van der Waals surface area contributed by atoms with E-state index in [1.54, 1.807) is 18.2 Å². The van der Waals surface area contributed by atoms with E-state index >= 15 is 0 Å². The van der Waals surface area contributed by atoms with Crippen molar-refractivity contribution in [2.75, 3.05) is 0 Å². The van der Waals surface area contributed by atoms with Crippen molar-refractivity contribution in [3.63, 3.8) is 0 Å². The van der Waals surface area contributed by atoms with Gasteiger partial charge in [-0.15, -0.1) is 0 Å². The van der Waals surface area contributed by atoms with E-state index in [0.717, 1.165) is 11.9 Å². The molecule has 0 atom stereocenters. The van der Waals surface area contributed by atoms with Gasteiger partial charge in [-0.25, -0.2) is 4.98 Å². The third-order valence-electron chi connectivity index (χ3n) is 2.22. The molecule has 6 nitrogen and oxygen atoms in total. The van der Waals surface area contributed by atoms with Crippen molar-refractivity contribution < 1.29 is 9.66 Å². The number of aryl methyl sites for hydroxylation is 1. The van der Waals surface area contributed by atoms with Crippen molar-refractivity contribution in [1.82, 2.24) is 9.97 Å². The lowest BCUT2D eigenvalue weighted by Gasteiger charge is -2.07. The molecule has 0 saturated heterocycles. The van der Waals surface area contributed by atoms with Crippen LogP contribution in [0.1, 0.15) is 5.56 Å². The van der Waals surface area contributed by atoms with Crippen molar-refractivity contribution in [3.05, 3.63) is 50.4 Å². The summed E-state index contributed by atoms with van der Waals surface area (Å²) in [5.74, 6) is 0.000821. The molecule has 0 amide bonds. The van der Waals surface area contributed by atoms with E-state index in [1.165, 1.54) is 0 Å². The zero-order valence-corrected chi connectivity index (χ0v) is 11.1. The Morgan fingerprint density at radius 1 is 1.32 bits per heavy atom. The number of hydrogen-bond donors (Lipinski definition) is 0. The Labute approximate surface area is 118 Å². The van der Waals surface area contributed by atoms with Gasteiger partial charge in [-0.05, 0) is 24.6 Å². The van der Waals surface area contributed by atoms with Crippen LogP contribution in [-0.4, -0.2) is 14.9 Å². The average Bonchev–Trinajstić information content (AvgIpc) is 2.32. The Hall–Kier alpha value is -1.92. The summed E-state index contributed by atoms with van der Waals surface area (Å²) in [5, 5.41) is 10.9. The second-order valence-electron chi connectivity index (χ2n) is 3.61. The number of hydrogen-bond acceptors (Lipinski definition) is 5. The smallest absolute Gasteiger partial charge is 0.368 e. The van der Waals surface area contributed by atoms with Crippen molar-refractivity contribution >= 4 is 28.9 Å². The van der Waals surface area contributed by atoms with Gasteiger partial charge in [0, 0.05) is 0 Å². The molecule has 0 saturated carbocycles. The highest BCUT2D eigenvalue weighted by Gasteiger charge is 2.24. The fourth-order valence-corrected chi connectivity index (χ4v) is 1.83. The highest BCUT2D eigenvalue weighted by atomic mass is 35.5. The number of halogens is 2. The molecule has 2 rings (SSSR count). The van der Waals surface area contributed by atoms with Crippen LogP contribution in [0, 0.1) is 17.0 Å². The molecule has 0 radical (unpaired) electrons. The highest BCUT2D eigenvalue weighted by Crippen LogP contribution is 2.36. The van der Waals surface area contributed by atoms with Gasteiger partial charge in [0.2, 0.25) is 5.15 Å². The first-order valence-electron chi connectivity index (χ1n) is 5.08. The maximum atomic E-state index is 10.9. The van der Waals surface area contributed by atoms with Crippen molar-refractivity contribution in [3.8, 4) is 11.6 Å². The summed E-state index contributed by atoms with van der Waals surface area (Å²) in [4.78, 5) is 17.4. The highest BCUT2D eigenvalue weighted by molar-refractivity contribution is 6.32. The molecule has 2 aromatic rings. The van der Waals surface area contributed by atoms with Crippen molar-refractivity contribution in [1.29, 1.82) is 0 Å². The topological polar surface area (TPSA) is 78.2 Å². The van der Waals surface area contributed by atoms with Gasteiger partial charge >= 0.3 is 11.6 Å². The molecule has 0 unspecified atom stereocenters. The lowest BCUT2D eigenvalue weighted by molar-refractivity contribution is -0.386. The summed E-state index contributed by atoms with van der Waals surface area (Å²) in [6, 6.07) is 5.03. The second kappa shape index (κ2) is 5.38. The van der Waals surface area contributed by atoms with Gasteiger partial charge in [0.1, 0.15) is 12.1 Å². The van der Waals surface area contributed by atoms with Gasteiger partial charge in [-0.3, -0.25) is 10.1 Å². The van der Waals surface area contributed by atoms with E-state index in [0.29, 0.717) is 5.02 Å². The molecule has 0 aliphatic heterocycles. The number of nitro groups is 1. The van der Waals surface area contributed by atoms with Crippen LogP contribution in [0.4, 0.5) is 5.69 Å². The number of benzene rings is 1. The molecule has 0 aliphatic carbocycles. The van der Waals surface area contributed by atoms with Crippen LogP contribution >= 0.6 is 23.2 Å². The van der Waals surface area contributed by atoms with E-state index in [9.17, 15) is 10.1 Å². The van der Waals surface area contributed by atoms with Crippen LogP contribution in [-0.2, 0) is 0 Å². The summed E-state index contributed by atoms with van der Waals surface area (Å²) in [7, 11) is 0. The maximum absolute atomic E-state index is 10.9. The first kappa shape index (κ1) is 13.5. The van der Waals surface area contributed by atoms with Gasteiger partial charge < -0.3 is 4.74 Å². The molecule has 0 spiro atoms. The molecule has 1 heterocycles. The Bertz CT molecular complexity index is 649. The minimum absolute atomic E-state index is 0.254. The lowest BCUT2D eigenvalue weighted by atomic mass is 10.2. The Morgan fingerprint density at radius 2 is 2.05 bits per heavy atom. The normalized spacial score (nSPS) is 10.3. The summed E-state index contributed by atoms with van der Waals surface area (Å²) < 4.78 is 5.33. The van der Waals surface area contributed by atoms with Gasteiger partial charge in [-0.1, -0.05) is 29.3 Å². The van der Waals surface area contributed by atoms with Crippen molar-refractivity contribution in [2.45, 2.75) is 6.92 Å². The van der Waals surface area contributed by atoms with Gasteiger partial charge in [0.05, 0.1) is 9.95 Å². The quantitative estimate of drug-likeness (QED) is 0.489. The van der Waals surface area contributed by atoms with E-state index in [1.807, 2.05) is 6.92 Å². The lowest BCUT2D eigenvalue weighted by Crippen LogP contribution is -1.98. The van der Waals surface area contributed by atoms with Crippen LogP contribution in [0.2, 0.25) is 10.2 Å². The van der Waals surface area contributed by atoms with Crippen LogP contribution < -0.4 is 4.74 Å². The number of nitrogens with zero attached hydrogens (tertiary/aromatic N) is 3. The summed E-state index contributed by atoms with van der Waals surface area (Å²) in [6.07, 6.45) is 1.08. The Balaban J connectivity index is 2.44. The van der Waals surface area contributed by atoms with Gasteiger partial charge in [0.15, 0.2) is 0 Å². The molecule has 1 aromatic carbocycles. The van der Waals surface area contributed by atoms with E-state index in [2.05, 4.69) is 9.97 Å². The third kappa shape index (κ3) is 2.91. The summed E-state index contributed by atoms with van der Waals surface area (Å²) in [6.45, 7) is 1.86. The standard InChI is InChI=1S/C11H7Cl2N3O3/c1-6-2-3-8(7(12)4-6)19-11-9(16(17)18)10(13)14-5-15-11/h2-5H,1H3. The minimum Gasteiger partial charge on any atom is -0.432 e. The van der Waals surface area contributed by atoms with Crippen LogP contribution in [0.15, 0.2) is 24.5 Å². The average molecular weight is 300 g/mol. The van der Waals surface area contributed by atoms with Gasteiger partial charge in [0.25, 0.3) is 0 Å². The first-order chi connectivity index (χ1) is 8.99. The summed E-state index contributed by atoms with van der Waals surface area (Å²) in [5.41, 5.74) is 0.438. The fourth-order valence-electron chi connectivity index (χ4n) is 1.36. The molecule has 8 heteroatoms. The van der Waals surface area contributed by atoms with E-state index < -0.39 is 10.6 Å². The molecular formula is C11H7Cl2N3O3. The fraction of sp³-hybridized carbons (Fsp3) is 0.0909. The van der Waals surface area contributed by atoms with E-state index in [4.69, 9.17) is 27.9 Å². The van der Waals surface area contributed by atoms with Crippen LogP contribution in [0.5, 0.6) is 11.6 Å². The number of rotatable bonds is 3. The minimum atomic E-state index is -0.709. The first-order valence-corrected chi connectivity index (χ1v) is 5.83. The second-order valence-corrected chi connectivity index (χ2v) is 4.38. The molecule has 0 fully saturated rings. The molecule has 19 heavy (non-hydrogen) atoms. The molecule has 0 bridgehead atoms. The zero-order chi connectivity index (χ0) is 14.0. The van der Waals surface area contributed by atoms with Gasteiger partial charge in [-0.2, -0.15) is 4.98 Å². The van der Waals surface area contributed by atoms with Crippen LogP contribution in [0.3, 0.4) is 0 Å². The van der Waals surface area contributed by atoms with Crippen molar-refractivity contribution in [2.24, 2.45) is 0 Å². The third-order valence-corrected chi connectivity index (χ3v) is 2.79. The molecule has 98 valence electrons. The Morgan fingerprint density at radius 3 is 2.68 bits per heavy atom. The number of aromatic nitrogens is 2. The summed E-state index contributed by atoms with van der Waals surface area (Å²) >= 11 is 11.6. The van der Waals surface area contributed by atoms with Crippen LogP contribution in [0.25, 0.3) is 0 Å². The largest absolute Gasteiger partial charge is 0.432 e. The predicted molar refractivity (Wildman–Crippen MR) is 70.0 cm³/mol. The zero-order valence-electron chi connectivity index (χ0n) is 9.63. The van der Waals surface area contributed by atoms with E-state index in [-0.39, 0.29) is 16.8 Å². The monoisotopic (exact) mass is 299 g/mol. The molecular weight excluding hydrogens is 293 g/mol. The predicted octanol–water partition coefficient (Wildman–Crippen LogP) is 3.79. The SMILES string of the molecule is Cc1ccc(Oc2ncnc(Cl)c2[N+](=O)[O-])c(Cl)c1.